The zero-order valence-electron chi connectivity index (χ0n) is 15.6. The molecule has 4 rings (SSSR count). The van der Waals surface area contributed by atoms with Crippen LogP contribution in [0.15, 0.2) is 42.6 Å². The molecule has 3 heterocycles. The fraction of sp³-hybridized carbons (Fsp3) is 0.333. The third-order valence-corrected chi connectivity index (χ3v) is 5.15. The predicted molar refractivity (Wildman–Crippen MR) is 105 cm³/mol. The summed E-state index contributed by atoms with van der Waals surface area (Å²) in [6, 6.07) is 10.4. The minimum absolute atomic E-state index is 0.0410. The maximum absolute atomic E-state index is 12.3. The van der Waals surface area contributed by atoms with E-state index < -0.39 is 0 Å². The first kappa shape index (κ1) is 18.2. The van der Waals surface area contributed by atoms with Crippen molar-refractivity contribution in [2.75, 3.05) is 29.9 Å². The third-order valence-electron chi connectivity index (χ3n) is 5.15. The van der Waals surface area contributed by atoms with Gasteiger partial charge >= 0.3 is 0 Å². The Morgan fingerprint density at radius 2 is 1.64 bits per heavy atom. The van der Waals surface area contributed by atoms with Crippen LogP contribution in [0.4, 0.5) is 11.5 Å². The Morgan fingerprint density at radius 1 is 0.964 bits per heavy atom. The lowest BCUT2D eigenvalue weighted by molar-refractivity contribution is -0.116. The van der Waals surface area contributed by atoms with Gasteiger partial charge in [0.2, 0.25) is 5.91 Å². The molecule has 2 aliphatic heterocycles. The number of nitrogens with one attached hydrogen (secondary N) is 1. The Hall–Kier alpha value is -3.22. The van der Waals surface area contributed by atoms with Gasteiger partial charge in [-0.15, -0.1) is 0 Å². The fourth-order valence-electron chi connectivity index (χ4n) is 3.65. The third kappa shape index (κ3) is 3.60. The van der Waals surface area contributed by atoms with Gasteiger partial charge in [-0.05, 0) is 43.5 Å². The maximum atomic E-state index is 12.3. The van der Waals surface area contributed by atoms with E-state index in [1.54, 1.807) is 30.5 Å². The van der Waals surface area contributed by atoms with Gasteiger partial charge in [0, 0.05) is 26.1 Å². The average Bonchev–Trinajstić information content (AvgIpc) is 2.98. The zero-order chi connectivity index (χ0) is 19.5. The van der Waals surface area contributed by atoms with Crippen molar-refractivity contribution in [1.82, 2.24) is 9.88 Å². The molecule has 1 aromatic heterocycles. The van der Waals surface area contributed by atoms with Crippen molar-refractivity contribution in [3.8, 4) is 0 Å². The summed E-state index contributed by atoms with van der Waals surface area (Å²) in [5.41, 5.74) is 1.39. The summed E-state index contributed by atoms with van der Waals surface area (Å²) in [6.45, 7) is 2.08. The quantitative estimate of drug-likeness (QED) is 0.809. The van der Waals surface area contributed by atoms with Crippen molar-refractivity contribution in [2.45, 2.75) is 25.7 Å². The molecule has 0 bridgehead atoms. The highest BCUT2D eigenvalue weighted by Crippen LogP contribution is 2.23. The van der Waals surface area contributed by atoms with Crippen LogP contribution in [0.1, 0.15) is 46.4 Å². The van der Waals surface area contributed by atoms with Crippen LogP contribution < -0.4 is 10.2 Å². The van der Waals surface area contributed by atoms with Gasteiger partial charge < -0.3 is 10.2 Å². The van der Waals surface area contributed by atoms with Crippen molar-refractivity contribution >= 4 is 29.2 Å². The molecule has 1 N–H and O–H groups in total. The summed E-state index contributed by atoms with van der Waals surface area (Å²) in [4.78, 5) is 44.7. The molecule has 1 aromatic carbocycles. The molecule has 7 nitrogen and oxygen atoms in total. The number of hydrogen-bond acceptors (Lipinski definition) is 5. The first-order chi connectivity index (χ1) is 13.6. The summed E-state index contributed by atoms with van der Waals surface area (Å²) < 4.78 is 0. The summed E-state index contributed by atoms with van der Waals surface area (Å²) in [5.74, 6) is -0.0327. The van der Waals surface area contributed by atoms with Crippen molar-refractivity contribution in [1.29, 1.82) is 0 Å². The largest absolute Gasteiger partial charge is 0.357 e. The molecule has 0 atom stereocenters. The highest BCUT2D eigenvalue weighted by molar-refractivity contribution is 6.21. The Labute approximate surface area is 163 Å². The molecule has 0 aliphatic carbocycles. The highest BCUT2D eigenvalue weighted by Gasteiger charge is 2.34. The van der Waals surface area contributed by atoms with Crippen LogP contribution in [0.3, 0.4) is 0 Å². The number of hydrogen-bond donors (Lipinski definition) is 1. The number of carbonyl (C=O) groups is 3. The molecular formula is C21H22N4O3. The number of carbonyl (C=O) groups excluding carboxylic acids is 3. The Kier molecular flexibility index (Phi) is 5.06. The van der Waals surface area contributed by atoms with E-state index in [-0.39, 0.29) is 30.7 Å². The smallest absolute Gasteiger partial charge is 0.261 e. The van der Waals surface area contributed by atoms with Crippen molar-refractivity contribution in [3.05, 3.63) is 53.7 Å². The van der Waals surface area contributed by atoms with Crippen LogP contribution in [-0.4, -0.2) is 47.2 Å². The topological polar surface area (TPSA) is 82.6 Å². The summed E-state index contributed by atoms with van der Waals surface area (Å²) in [6.07, 6.45) is 5.30. The van der Waals surface area contributed by atoms with Gasteiger partial charge in [-0.25, -0.2) is 4.98 Å². The van der Waals surface area contributed by atoms with Crippen molar-refractivity contribution in [3.63, 3.8) is 0 Å². The van der Waals surface area contributed by atoms with Gasteiger partial charge in [0.1, 0.15) is 5.82 Å². The van der Waals surface area contributed by atoms with Gasteiger partial charge in [-0.2, -0.15) is 0 Å². The lowest BCUT2D eigenvalue weighted by Crippen LogP contribution is -2.33. The standard InChI is InChI=1S/C21H22N4O3/c26-19(10-13-25-20(27)16-6-2-3-7-17(16)21(25)28)23-15-8-9-18(22-14-15)24-11-4-1-5-12-24/h2-3,6-9,14H,1,4-5,10-13H2,(H,23,26). The van der Waals surface area contributed by atoms with Gasteiger partial charge in [-0.1, -0.05) is 12.1 Å². The minimum atomic E-state index is -0.346. The van der Waals surface area contributed by atoms with Crippen molar-refractivity contribution in [2.24, 2.45) is 0 Å². The predicted octanol–water partition coefficient (Wildman–Crippen LogP) is 2.70. The lowest BCUT2D eigenvalue weighted by atomic mass is 10.1. The number of fused-ring (bicyclic) bond motifs is 1. The second-order valence-electron chi connectivity index (χ2n) is 7.06. The Morgan fingerprint density at radius 3 is 2.25 bits per heavy atom. The molecule has 144 valence electrons. The number of pyridine rings is 1. The Balaban J connectivity index is 1.31. The molecule has 1 fully saturated rings. The highest BCUT2D eigenvalue weighted by atomic mass is 16.2. The molecule has 0 unspecified atom stereocenters. The van der Waals surface area contributed by atoms with E-state index in [0.29, 0.717) is 16.8 Å². The van der Waals surface area contributed by atoms with E-state index in [2.05, 4.69) is 15.2 Å². The van der Waals surface area contributed by atoms with Crippen LogP contribution in [0.5, 0.6) is 0 Å². The molecular weight excluding hydrogens is 356 g/mol. The minimum Gasteiger partial charge on any atom is -0.357 e. The van der Waals surface area contributed by atoms with Gasteiger partial charge in [0.15, 0.2) is 0 Å². The van der Waals surface area contributed by atoms with E-state index in [4.69, 9.17) is 0 Å². The van der Waals surface area contributed by atoms with Crippen LogP contribution in [0.2, 0.25) is 0 Å². The molecule has 0 radical (unpaired) electrons. The second kappa shape index (κ2) is 7.80. The van der Waals surface area contributed by atoms with E-state index >= 15 is 0 Å². The first-order valence-electron chi connectivity index (χ1n) is 9.59. The number of nitrogens with zero attached hydrogens (tertiary/aromatic N) is 3. The second-order valence-corrected chi connectivity index (χ2v) is 7.06. The molecule has 7 heteroatoms. The normalized spacial score (nSPS) is 16.3. The number of benzene rings is 1. The molecule has 1 saturated heterocycles. The molecule has 2 aliphatic rings. The van der Waals surface area contributed by atoms with E-state index in [9.17, 15) is 14.4 Å². The maximum Gasteiger partial charge on any atom is 0.261 e. The fourth-order valence-corrected chi connectivity index (χ4v) is 3.65. The molecule has 3 amide bonds. The van der Waals surface area contributed by atoms with E-state index in [1.165, 1.54) is 19.3 Å². The molecule has 0 saturated carbocycles. The lowest BCUT2D eigenvalue weighted by Gasteiger charge is -2.27. The van der Waals surface area contributed by atoms with Crippen LogP contribution in [0, 0.1) is 0 Å². The molecule has 28 heavy (non-hydrogen) atoms. The molecule has 2 aromatic rings. The number of anilines is 2. The Bertz CT molecular complexity index is 869. The summed E-state index contributed by atoms with van der Waals surface area (Å²) in [7, 11) is 0. The number of rotatable bonds is 5. The molecule has 0 spiro atoms. The number of imide groups is 1. The van der Waals surface area contributed by atoms with Gasteiger partial charge in [0.25, 0.3) is 11.8 Å². The van der Waals surface area contributed by atoms with Crippen molar-refractivity contribution < 1.29 is 14.4 Å². The zero-order valence-corrected chi connectivity index (χ0v) is 15.6. The summed E-state index contributed by atoms with van der Waals surface area (Å²) >= 11 is 0. The van der Waals surface area contributed by atoms with E-state index in [1.807, 2.05) is 12.1 Å². The monoisotopic (exact) mass is 378 g/mol. The van der Waals surface area contributed by atoms with Gasteiger partial charge in [0.05, 0.1) is 23.0 Å². The summed E-state index contributed by atoms with van der Waals surface area (Å²) in [5, 5.41) is 2.78. The average molecular weight is 378 g/mol. The van der Waals surface area contributed by atoms with E-state index in [0.717, 1.165) is 23.8 Å². The number of aromatic nitrogens is 1. The van der Waals surface area contributed by atoms with Gasteiger partial charge in [-0.3, -0.25) is 19.3 Å². The SMILES string of the molecule is O=C(CCN1C(=O)c2ccccc2C1=O)Nc1ccc(N2CCCCC2)nc1. The number of amides is 3. The first-order valence-corrected chi connectivity index (χ1v) is 9.59. The van der Waals surface area contributed by atoms with Crippen LogP contribution >= 0.6 is 0 Å². The number of piperidine rings is 1. The van der Waals surface area contributed by atoms with Crippen LogP contribution in [-0.2, 0) is 4.79 Å². The van der Waals surface area contributed by atoms with Crippen LogP contribution in [0.25, 0.3) is 0 Å².